The van der Waals surface area contributed by atoms with Gasteiger partial charge in [0.15, 0.2) is 5.78 Å². The third kappa shape index (κ3) is 5.53. The van der Waals surface area contributed by atoms with E-state index in [9.17, 15) is 14.0 Å². The van der Waals surface area contributed by atoms with Gasteiger partial charge in [-0.15, -0.1) is 0 Å². The first-order valence-corrected chi connectivity index (χ1v) is 8.59. The van der Waals surface area contributed by atoms with Crippen LogP contribution in [0.2, 0.25) is 5.02 Å². The van der Waals surface area contributed by atoms with Crippen molar-refractivity contribution in [2.24, 2.45) is 5.41 Å². The molecule has 2 rings (SSSR count). The first-order chi connectivity index (χ1) is 12.2. The summed E-state index contributed by atoms with van der Waals surface area (Å²) in [6.45, 7) is 5.19. The minimum absolute atomic E-state index is 0.132. The van der Waals surface area contributed by atoms with Crippen LogP contribution in [0.1, 0.15) is 31.9 Å². The first kappa shape index (κ1) is 19.9. The molecule has 0 saturated heterocycles. The predicted octanol–water partition coefficient (Wildman–Crippen LogP) is 4.75. The molecule has 0 atom stereocenters. The summed E-state index contributed by atoms with van der Waals surface area (Å²) >= 11 is 5.90. The Kier molecular flexibility index (Phi) is 6.32. The van der Waals surface area contributed by atoms with Crippen LogP contribution in [0.25, 0.3) is 11.6 Å². The molecule has 5 heteroatoms. The summed E-state index contributed by atoms with van der Waals surface area (Å²) in [5, 5.41) is 3.25. The summed E-state index contributed by atoms with van der Waals surface area (Å²) in [6, 6.07) is 12.7. The number of benzene rings is 2. The highest BCUT2D eigenvalue weighted by Gasteiger charge is 2.22. The molecule has 0 aliphatic carbocycles. The molecule has 3 nitrogen and oxygen atoms in total. The zero-order chi connectivity index (χ0) is 19.3. The number of carbonyl (C=O) groups excluding carboxylic acids is 2. The maximum atomic E-state index is 13.2. The van der Waals surface area contributed by atoms with Gasteiger partial charge in [-0.25, -0.2) is 4.39 Å². The Labute approximate surface area is 157 Å². The van der Waals surface area contributed by atoms with Gasteiger partial charge in [0.1, 0.15) is 5.82 Å². The van der Waals surface area contributed by atoms with Gasteiger partial charge in [0.25, 0.3) is 0 Å². The summed E-state index contributed by atoms with van der Waals surface area (Å²) < 4.78 is 13.2. The van der Waals surface area contributed by atoms with E-state index < -0.39 is 5.41 Å². The van der Waals surface area contributed by atoms with E-state index in [1.807, 2.05) is 0 Å². The minimum Gasteiger partial charge on any atom is -0.348 e. The second-order valence-electron chi connectivity index (χ2n) is 6.97. The van der Waals surface area contributed by atoms with E-state index in [2.05, 4.69) is 5.32 Å². The number of amides is 1. The van der Waals surface area contributed by atoms with E-state index in [0.29, 0.717) is 16.2 Å². The lowest BCUT2D eigenvalue weighted by Gasteiger charge is -2.17. The van der Waals surface area contributed by atoms with Crippen LogP contribution >= 0.6 is 11.6 Å². The van der Waals surface area contributed by atoms with Crippen molar-refractivity contribution in [2.45, 2.75) is 20.8 Å². The van der Waals surface area contributed by atoms with Crippen LogP contribution in [0.15, 0.2) is 48.5 Å². The Morgan fingerprint density at radius 1 is 1.04 bits per heavy atom. The number of nitrogens with one attached hydrogen (secondary N) is 1. The number of Topliss-reactive ketones (excluding diaryl/α,β-unsaturated/α-hetero) is 1. The van der Waals surface area contributed by atoms with Crippen molar-refractivity contribution in [1.29, 1.82) is 0 Å². The van der Waals surface area contributed by atoms with E-state index in [-0.39, 0.29) is 24.1 Å². The molecule has 2 aromatic rings. The largest absolute Gasteiger partial charge is 0.348 e. The predicted molar refractivity (Wildman–Crippen MR) is 103 cm³/mol. The van der Waals surface area contributed by atoms with Crippen LogP contribution in [0.3, 0.4) is 0 Å². The first-order valence-electron chi connectivity index (χ1n) is 8.21. The monoisotopic (exact) mass is 373 g/mol. The van der Waals surface area contributed by atoms with E-state index in [1.165, 1.54) is 12.1 Å². The van der Waals surface area contributed by atoms with Gasteiger partial charge in [0.2, 0.25) is 5.91 Å². The number of carbonyl (C=O) groups is 2. The zero-order valence-electron chi connectivity index (χ0n) is 15.0. The zero-order valence-corrected chi connectivity index (χ0v) is 15.7. The smallest absolute Gasteiger partial charge is 0.225 e. The van der Waals surface area contributed by atoms with Gasteiger partial charge >= 0.3 is 0 Å². The fourth-order valence-electron chi connectivity index (χ4n) is 2.20. The van der Waals surface area contributed by atoms with Gasteiger partial charge in [-0.1, -0.05) is 56.6 Å². The van der Waals surface area contributed by atoms with Gasteiger partial charge in [0.05, 0.1) is 6.54 Å². The van der Waals surface area contributed by atoms with E-state index in [4.69, 9.17) is 11.6 Å². The van der Waals surface area contributed by atoms with Crippen LogP contribution in [0.5, 0.6) is 0 Å². The highest BCUT2D eigenvalue weighted by Crippen LogP contribution is 2.21. The topological polar surface area (TPSA) is 46.2 Å². The van der Waals surface area contributed by atoms with Crippen molar-refractivity contribution >= 4 is 34.9 Å². The maximum Gasteiger partial charge on any atom is 0.225 e. The number of halogens is 2. The lowest BCUT2D eigenvalue weighted by Crippen LogP contribution is -2.38. The molecule has 26 heavy (non-hydrogen) atoms. The molecule has 0 fully saturated rings. The molecule has 136 valence electrons. The molecule has 0 bridgehead atoms. The molecular formula is C21H21ClFNO2. The summed E-state index contributed by atoms with van der Waals surface area (Å²) in [5.74, 6) is -0.854. The van der Waals surface area contributed by atoms with Crippen molar-refractivity contribution in [2.75, 3.05) is 6.54 Å². The molecule has 0 saturated carbocycles. The van der Waals surface area contributed by atoms with Gasteiger partial charge < -0.3 is 5.32 Å². The standard InChI is InChI=1S/C21H21ClFNO2/c1-21(2,3)20(26)24-13-19(25)18(15-6-10-17(23)11-7-15)12-14-4-8-16(22)9-5-14/h4-12H,13H2,1-3H3,(H,24,26)/b18-12+. The fourth-order valence-corrected chi connectivity index (χ4v) is 2.33. The SMILES string of the molecule is CC(C)(C)C(=O)NCC(=O)/C(=C/c1ccc(Cl)cc1)c1ccc(F)cc1. The van der Waals surface area contributed by atoms with Gasteiger partial charge in [0, 0.05) is 16.0 Å². The van der Waals surface area contributed by atoms with Crippen LogP contribution in [-0.4, -0.2) is 18.2 Å². The Hall–Kier alpha value is -2.46. The molecule has 0 spiro atoms. The van der Waals surface area contributed by atoms with Crippen molar-refractivity contribution in [3.63, 3.8) is 0 Å². The summed E-state index contributed by atoms with van der Waals surface area (Å²) in [5.41, 5.74) is 1.16. The molecule has 0 aromatic heterocycles. The van der Waals surface area contributed by atoms with Crippen molar-refractivity contribution in [1.82, 2.24) is 5.32 Å². The highest BCUT2D eigenvalue weighted by molar-refractivity contribution is 6.30. The molecule has 0 radical (unpaired) electrons. The maximum absolute atomic E-state index is 13.2. The Morgan fingerprint density at radius 2 is 1.62 bits per heavy atom. The lowest BCUT2D eigenvalue weighted by atomic mass is 9.95. The quantitative estimate of drug-likeness (QED) is 0.607. The fraction of sp³-hybridized carbons (Fsp3) is 0.238. The van der Waals surface area contributed by atoms with Crippen molar-refractivity contribution in [3.8, 4) is 0 Å². The van der Waals surface area contributed by atoms with Crippen LogP contribution < -0.4 is 5.32 Å². The summed E-state index contributed by atoms with van der Waals surface area (Å²) in [7, 11) is 0. The van der Waals surface area contributed by atoms with Crippen LogP contribution in [0.4, 0.5) is 4.39 Å². The molecule has 0 unspecified atom stereocenters. The number of rotatable bonds is 5. The molecule has 1 amide bonds. The van der Waals surface area contributed by atoms with Gasteiger partial charge in [-0.05, 0) is 41.5 Å². The summed E-state index contributed by atoms with van der Waals surface area (Å²) in [6.07, 6.45) is 1.70. The van der Waals surface area contributed by atoms with Gasteiger partial charge in [-0.2, -0.15) is 0 Å². The number of ketones is 1. The van der Waals surface area contributed by atoms with E-state index in [0.717, 1.165) is 5.56 Å². The lowest BCUT2D eigenvalue weighted by molar-refractivity contribution is -0.129. The average molecular weight is 374 g/mol. The second kappa shape index (κ2) is 8.28. The normalized spacial score (nSPS) is 12.0. The molecule has 0 aliphatic heterocycles. The Bertz CT molecular complexity index is 819. The number of hydrogen-bond donors (Lipinski definition) is 1. The number of hydrogen-bond acceptors (Lipinski definition) is 2. The third-order valence-electron chi connectivity index (χ3n) is 3.73. The molecular weight excluding hydrogens is 353 g/mol. The highest BCUT2D eigenvalue weighted by atomic mass is 35.5. The van der Waals surface area contributed by atoms with E-state index >= 15 is 0 Å². The van der Waals surface area contributed by atoms with E-state index in [1.54, 1.807) is 63.2 Å². The van der Waals surface area contributed by atoms with Gasteiger partial charge in [-0.3, -0.25) is 9.59 Å². The summed E-state index contributed by atoms with van der Waals surface area (Å²) in [4.78, 5) is 24.8. The molecule has 0 aliphatic rings. The Balaban J connectivity index is 2.31. The van der Waals surface area contributed by atoms with Crippen molar-refractivity contribution < 1.29 is 14.0 Å². The Morgan fingerprint density at radius 3 is 2.15 bits per heavy atom. The van der Waals surface area contributed by atoms with Crippen LogP contribution in [0, 0.1) is 11.2 Å². The molecule has 1 N–H and O–H groups in total. The second-order valence-corrected chi connectivity index (χ2v) is 7.41. The van der Waals surface area contributed by atoms with Crippen LogP contribution in [-0.2, 0) is 9.59 Å². The molecule has 2 aromatic carbocycles. The van der Waals surface area contributed by atoms with Crippen molar-refractivity contribution in [3.05, 3.63) is 70.5 Å². The molecule has 0 heterocycles. The minimum atomic E-state index is -0.587. The third-order valence-corrected chi connectivity index (χ3v) is 3.98. The average Bonchev–Trinajstić information content (AvgIpc) is 2.59.